The van der Waals surface area contributed by atoms with Crippen molar-refractivity contribution in [3.05, 3.63) is 39.4 Å². The van der Waals surface area contributed by atoms with Gasteiger partial charge in [-0.2, -0.15) is 0 Å². The molecule has 0 bridgehead atoms. The number of carbonyl (C=O) groups excluding carboxylic acids is 1. The molecule has 2 aliphatic rings. The average molecular weight is 319 g/mol. The number of hydrogen-bond donors (Lipinski definition) is 1. The van der Waals surface area contributed by atoms with Gasteiger partial charge in [0.2, 0.25) is 0 Å². The lowest BCUT2D eigenvalue weighted by Crippen LogP contribution is -2.50. The van der Waals surface area contributed by atoms with Crippen LogP contribution in [-0.2, 0) is 4.74 Å². The number of nitrogens with zero attached hydrogens (tertiary/aromatic N) is 2. The number of carbonyl (C=O) groups is 1. The highest BCUT2D eigenvalue weighted by molar-refractivity contribution is 5.95. The van der Waals surface area contributed by atoms with Crippen LogP contribution in [0.2, 0.25) is 0 Å². The molecule has 0 spiro atoms. The fourth-order valence-corrected chi connectivity index (χ4v) is 3.33. The molecule has 7 heteroatoms. The molecule has 2 unspecified atom stereocenters. The molecule has 7 nitrogen and oxygen atoms in total. The molecule has 0 aromatic heterocycles. The Kier molecular flexibility index (Phi) is 4.58. The summed E-state index contributed by atoms with van der Waals surface area (Å²) in [5.41, 5.74) is 1.06. The van der Waals surface area contributed by atoms with Crippen molar-refractivity contribution < 1.29 is 14.5 Å². The molecular formula is C16H21N3O4. The highest BCUT2D eigenvalue weighted by Crippen LogP contribution is 2.22. The van der Waals surface area contributed by atoms with Crippen LogP contribution >= 0.6 is 0 Å². The SMILES string of the molecule is Cc1cc([N+](=O)[O-])ccc1C(=O)NCC1CN2CCCC2CO1. The smallest absolute Gasteiger partial charge is 0.269 e. The topological polar surface area (TPSA) is 84.7 Å². The number of fused-ring (bicyclic) bond motifs is 1. The quantitative estimate of drug-likeness (QED) is 0.671. The number of rotatable bonds is 4. The monoisotopic (exact) mass is 319 g/mol. The third-order valence-electron chi connectivity index (χ3n) is 4.62. The van der Waals surface area contributed by atoms with Crippen LogP contribution in [0.5, 0.6) is 0 Å². The van der Waals surface area contributed by atoms with Gasteiger partial charge in [-0.25, -0.2) is 0 Å². The normalized spacial score (nSPS) is 24.2. The van der Waals surface area contributed by atoms with E-state index >= 15 is 0 Å². The second kappa shape index (κ2) is 6.64. The van der Waals surface area contributed by atoms with Crippen molar-refractivity contribution in [3.8, 4) is 0 Å². The first-order chi connectivity index (χ1) is 11.0. The first-order valence-electron chi connectivity index (χ1n) is 7.93. The zero-order chi connectivity index (χ0) is 16.4. The van der Waals surface area contributed by atoms with Gasteiger partial charge in [0.05, 0.1) is 17.6 Å². The van der Waals surface area contributed by atoms with Gasteiger partial charge in [-0.1, -0.05) is 0 Å². The van der Waals surface area contributed by atoms with Gasteiger partial charge in [0.15, 0.2) is 0 Å². The average Bonchev–Trinajstić information content (AvgIpc) is 3.00. The molecule has 1 amide bonds. The molecule has 2 saturated heterocycles. The Bertz CT molecular complexity index is 619. The van der Waals surface area contributed by atoms with Crippen molar-refractivity contribution in [2.45, 2.75) is 31.9 Å². The van der Waals surface area contributed by atoms with Gasteiger partial charge in [-0.05, 0) is 37.9 Å². The molecule has 1 aromatic rings. The van der Waals surface area contributed by atoms with Crippen molar-refractivity contribution in [3.63, 3.8) is 0 Å². The molecule has 2 aliphatic heterocycles. The summed E-state index contributed by atoms with van der Waals surface area (Å²) in [5, 5.41) is 13.6. The number of amides is 1. The second-order valence-electron chi connectivity index (χ2n) is 6.21. The number of non-ortho nitro benzene ring substituents is 1. The van der Waals surface area contributed by atoms with Crippen molar-refractivity contribution >= 4 is 11.6 Å². The summed E-state index contributed by atoms with van der Waals surface area (Å²) in [6, 6.07) is 4.81. The van der Waals surface area contributed by atoms with Gasteiger partial charge < -0.3 is 10.1 Å². The fourth-order valence-electron chi connectivity index (χ4n) is 3.33. The molecule has 1 aromatic carbocycles. The van der Waals surface area contributed by atoms with Gasteiger partial charge in [0.1, 0.15) is 0 Å². The number of nitro groups is 1. The Morgan fingerprint density at radius 3 is 3.09 bits per heavy atom. The number of benzene rings is 1. The van der Waals surface area contributed by atoms with Crippen LogP contribution in [0.15, 0.2) is 18.2 Å². The number of nitro benzene ring substituents is 1. The molecule has 23 heavy (non-hydrogen) atoms. The number of aryl methyl sites for hydroxylation is 1. The predicted octanol–water partition coefficient (Wildman–Crippen LogP) is 1.50. The van der Waals surface area contributed by atoms with E-state index in [1.165, 1.54) is 31.0 Å². The predicted molar refractivity (Wildman–Crippen MR) is 84.5 cm³/mol. The summed E-state index contributed by atoms with van der Waals surface area (Å²) in [6.45, 7) is 4.85. The summed E-state index contributed by atoms with van der Waals surface area (Å²) in [6.07, 6.45) is 2.42. The van der Waals surface area contributed by atoms with E-state index in [0.29, 0.717) is 23.7 Å². The number of hydrogen-bond acceptors (Lipinski definition) is 5. The van der Waals surface area contributed by atoms with Crippen LogP contribution in [-0.4, -0.2) is 54.1 Å². The van der Waals surface area contributed by atoms with E-state index in [9.17, 15) is 14.9 Å². The molecule has 2 atom stereocenters. The standard InChI is InChI=1S/C16H21N3O4/c1-11-7-12(19(21)22)4-5-15(11)16(20)17-8-14-9-18-6-2-3-13(18)10-23-14/h4-5,7,13-14H,2-3,6,8-10H2,1H3,(H,17,20). The van der Waals surface area contributed by atoms with E-state index < -0.39 is 4.92 Å². The van der Waals surface area contributed by atoms with Crippen LogP contribution in [0.3, 0.4) is 0 Å². The van der Waals surface area contributed by atoms with E-state index in [0.717, 1.165) is 19.7 Å². The fraction of sp³-hybridized carbons (Fsp3) is 0.562. The van der Waals surface area contributed by atoms with Gasteiger partial charge in [-0.3, -0.25) is 19.8 Å². The van der Waals surface area contributed by atoms with Gasteiger partial charge in [0.25, 0.3) is 11.6 Å². The maximum Gasteiger partial charge on any atom is 0.269 e. The lowest BCUT2D eigenvalue weighted by molar-refractivity contribution is -0.384. The first kappa shape index (κ1) is 15.9. The Morgan fingerprint density at radius 1 is 1.52 bits per heavy atom. The molecule has 0 radical (unpaired) electrons. The van der Waals surface area contributed by atoms with Crippen LogP contribution in [0.25, 0.3) is 0 Å². The molecule has 1 N–H and O–H groups in total. The Labute approximate surface area is 134 Å². The highest BCUT2D eigenvalue weighted by Gasteiger charge is 2.32. The van der Waals surface area contributed by atoms with Crippen LogP contribution < -0.4 is 5.32 Å². The Hall–Kier alpha value is -1.99. The zero-order valence-electron chi connectivity index (χ0n) is 13.2. The maximum atomic E-state index is 12.3. The highest BCUT2D eigenvalue weighted by atomic mass is 16.6. The summed E-state index contributed by atoms with van der Waals surface area (Å²) in [5.74, 6) is -0.218. The molecule has 2 heterocycles. The lowest BCUT2D eigenvalue weighted by Gasteiger charge is -2.35. The van der Waals surface area contributed by atoms with E-state index in [2.05, 4.69) is 10.2 Å². The minimum Gasteiger partial charge on any atom is -0.373 e. The second-order valence-corrected chi connectivity index (χ2v) is 6.21. The van der Waals surface area contributed by atoms with Crippen molar-refractivity contribution in [2.24, 2.45) is 0 Å². The molecule has 2 fully saturated rings. The van der Waals surface area contributed by atoms with E-state index in [1.54, 1.807) is 6.92 Å². The third-order valence-corrected chi connectivity index (χ3v) is 4.62. The third kappa shape index (κ3) is 3.51. The molecule has 0 aliphatic carbocycles. The van der Waals surface area contributed by atoms with Crippen LogP contribution in [0.1, 0.15) is 28.8 Å². The largest absolute Gasteiger partial charge is 0.373 e. The van der Waals surface area contributed by atoms with Crippen molar-refractivity contribution in [1.29, 1.82) is 0 Å². The van der Waals surface area contributed by atoms with Crippen molar-refractivity contribution in [1.82, 2.24) is 10.2 Å². The van der Waals surface area contributed by atoms with Gasteiger partial charge in [0, 0.05) is 36.8 Å². The number of ether oxygens (including phenoxy) is 1. The molecule has 3 rings (SSSR count). The molecule has 124 valence electrons. The minimum atomic E-state index is -0.461. The van der Waals surface area contributed by atoms with Crippen molar-refractivity contribution in [2.75, 3.05) is 26.2 Å². The minimum absolute atomic E-state index is 0.00487. The van der Waals surface area contributed by atoms with Crippen LogP contribution in [0, 0.1) is 17.0 Å². The van der Waals surface area contributed by atoms with E-state index in [1.807, 2.05) is 0 Å². The summed E-state index contributed by atoms with van der Waals surface area (Å²) >= 11 is 0. The van der Waals surface area contributed by atoms with E-state index in [4.69, 9.17) is 4.74 Å². The Balaban J connectivity index is 1.56. The van der Waals surface area contributed by atoms with Gasteiger partial charge >= 0.3 is 0 Å². The molecular weight excluding hydrogens is 298 g/mol. The summed E-state index contributed by atoms with van der Waals surface area (Å²) in [4.78, 5) is 25.0. The lowest BCUT2D eigenvalue weighted by atomic mass is 10.1. The first-order valence-corrected chi connectivity index (χ1v) is 7.93. The zero-order valence-corrected chi connectivity index (χ0v) is 13.2. The Morgan fingerprint density at radius 2 is 2.35 bits per heavy atom. The summed E-state index contributed by atoms with van der Waals surface area (Å²) in [7, 11) is 0. The number of morpholine rings is 1. The van der Waals surface area contributed by atoms with E-state index in [-0.39, 0.29) is 17.7 Å². The summed E-state index contributed by atoms with van der Waals surface area (Å²) < 4.78 is 5.81. The van der Waals surface area contributed by atoms with Gasteiger partial charge in [-0.15, -0.1) is 0 Å². The number of nitrogens with one attached hydrogen (secondary N) is 1. The van der Waals surface area contributed by atoms with Crippen LogP contribution in [0.4, 0.5) is 5.69 Å². The maximum absolute atomic E-state index is 12.3. The molecule has 0 saturated carbocycles.